The van der Waals surface area contributed by atoms with Gasteiger partial charge < -0.3 is 10.6 Å². The van der Waals surface area contributed by atoms with E-state index in [0.717, 1.165) is 13.1 Å². The van der Waals surface area contributed by atoms with E-state index in [1.165, 1.54) is 0 Å². The molecular weight excluding hydrogens is 180 g/mol. The van der Waals surface area contributed by atoms with E-state index in [0.29, 0.717) is 18.2 Å². The monoisotopic (exact) mass is 194 g/mol. The van der Waals surface area contributed by atoms with E-state index in [-0.39, 0.29) is 5.91 Å². The fraction of sp³-hybridized carbons (Fsp3) is 0.556. The molecule has 0 bridgehead atoms. The summed E-state index contributed by atoms with van der Waals surface area (Å²) >= 11 is 0. The third kappa shape index (κ3) is 2.11. The number of anilines is 1. The number of aryl methyl sites for hydroxylation is 1. The molecule has 2 heterocycles. The summed E-state index contributed by atoms with van der Waals surface area (Å²) in [5.74, 6) is 1.18. The van der Waals surface area contributed by atoms with Crippen LogP contribution in [0.25, 0.3) is 0 Å². The number of carbonyl (C=O) groups is 1. The lowest BCUT2D eigenvalue weighted by atomic mass is 9.99. The normalized spacial score (nSPS) is 16.4. The molecule has 0 aromatic carbocycles. The molecule has 1 aliphatic rings. The number of hydrogen-bond acceptors (Lipinski definition) is 3. The number of hydrogen-bond donors (Lipinski definition) is 2. The first-order valence-corrected chi connectivity index (χ1v) is 4.74. The van der Waals surface area contributed by atoms with Gasteiger partial charge in [0.25, 0.3) is 0 Å². The highest BCUT2D eigenvalue weighted by atomic mass is 16.1. The average Bonchev–Trinajstić information content (AvgIpc) is 2.44. The van der Waals surface area contributed by atoms with Crippen LogP contribution >= 0.6 is 0 Å². The zero-order chi connectivity index (χ0) is 9.97. The van der Waals surface area contributed by atoms with Crippen LogP contribution in [0.5, 0.6) is 0 Å². The Morgan fingerprint density at radius 2 is 2.57 bits per heavy atom. The molecule has 1 aromatic heterocycles. The van der Waals surface area contributed by atoms with Crippen molar-refractivity contribution in [2.45, 2.75) is 6.42 Å². The summed E-state index contributed by atoms with van der Waals surface area (Å²) in [5.41, 5.74) is 0. The molecule has 1 aromatic rings. The van der Waals surface area contributed by atoms with Gasteiger partial charge in [0.2, 0.25) is 5.91 Å². The molecule has 0 unspecified atom stereocenters. The highest BCUT2D eigenvalue weighted by molar-refractivity contribution is 5.89. The Kier molecular flexibility index (Phi) is 2.49. The van der Waals surface area contributed by atoms with Gasteiger partial charge in [-0.1, -0.05) is 0 Å². The summed E-state index contributed by atoms with van der Waals surface area (Å²) in [6, 6.07) is 1.79. The van der Waals surface area contributed by atoms with Crippen molar-refractivity contribution in [3.63, 3.8) is 0 Å². The predicted molar refractivity (Wildman–Crippen MR) is 52.8 cm³/mol. The lowest BCUT2D eigenvalue weighted by molar-refractivity contribution is -0.117. The number of aromatic nitrogens is 2. The lowest BCUT2D eigenvalue weighted by Crippen LogP contribution is -2.43. The molecule has 2 N–H and O–H groups in total. The van der Waals surface area contributed by atoms with Crippen molar-refractivity contribution in [2.24, 2.45) is 13.0 Å². The van der Waals surface area contributed by atoms with Crippen molar-refractivity contribution in [3.05, 3.63) is 12.3 Å². The second-order valence-electron chi connectivity index (χ2n) is 3.65. The zero-order valence-corrected chi connectivity index (χ0v) is 8.16. The third-order valence-corrected chi connectivity index (χ3v) is 2.32. The summed E-state index contributed by atoms with van der Waals surface area (Å²) in [6.07, 6.45) is 2.39. The third-order valence-electron chi connectivity index (χ3n) is 2.32. The van der Waals surface area contributed by atoms with Gasteiger partial charge in [0, 0.05) is 25.7 Å². The molecule has 1 amide bonds. The van der Waals surface area contributed by atoms with Crippen molar-refractivity contribution in [2.75, 3.05) is 18.4 Å². The molecule has 14 heavy (non-hydrogen) atoms. The minimum absolute atomic E-state index is 0.0511. The number of nitrogens with zero attached hydrogens (tertiary/aromatic N) is 2. The van der Waals surface area contributed by atoms with E-state index in [2.05, 4.69) is 15.7 Å². The topological polar surface area (TPSA) is 59.0 Å². The quantitative estimate of drug-likeness (QED) is 0.710. The molecule has 0 spiro atoms. The van der Waals surface area contributed by atoms with Crippen LogP contribution in [0.4, 0.5) is 5.82 Å². The maximum Gasteiger partial charge on any atom is 0.225 e. The van der Waals surface area contributed by atoms with Crippen LogP contribution in [0, 0.1) is 5.92 Å². The molecule has 0 atom stereocenters. The molecule has 1 saturated heterocycles. The predicted octanol–water partition coefficient (Wildman–Crippen LogP) is -0.0319. The van der Waals surface area contributed by atoms with Crippen LogP contribution in [0.2, 0.25) is 0 Å². The van der Waals surface area contributed by atoms with Gasteiger partial charge in [-0.25, -0.2) is 0 Å². The molecular formula is C9H14N4O. The molecule has 0 aliphatic carbocycles. The molecule has 76 valence electrons. The summed E-state index contributed by atoms with van der Waals surface area (Å²) in [4.78, 5) is 11.4. The molecule has 2 rings (SSSR count). The maximum atomic E-state index is 11.4. The summed E-state index contributed by atoms with van der Waals surface area (Å²) in [6.45, 7) is 1.91. The van der Waals surface area contributed by atoms with E-state index in [9.17, 15) is 4.79 Å². The van der Waals surface area contributed by atoms with Crippen LogP contribution in [0.1, 0.15) is 6.42 Å². The fourth-order valence-electron chi connectivity index (χ4n) is 1.43. The number of nitrogens with one attached hydrogen (secondary N) is 2. The second-order valence-corrected chi connectivity index (χ2v) is 3.65. The van der Waals surface area contributed by atoms with Gasteiger partial charge in [-0.3, -0.25) is 9.48 Å². The van der Waals surface area contributed by atoms with Crippen LogP contribution in [-0.2, 0) is 11.8 Å². The van der Waals surface area contributed by atoms with Crippen LogP contribution < -0.4 is 10.6 Å². The molecule has 5 heteroatoms. The fourth-order valence-corrected chi connectivity index (χ4v) is 1.43. The minimum atomic E-state index is 0.0511. The Balaban J connectivity index is 1.81. The van der Waals surface area contributed by atoms with Crippen molar-refractivity contribution in [1.82, 2.24) is 15.1 Å². The zero-order valence-electron chi connectivity index (χ0n) is 8.16. The first-order valence-electron chi connectivity index (χ1n) is 4.74. The van der Waals surface area contributed by atoms with E-state index < -0.39 is 0 Å². The molecule has 0 radical (unpaired) electrons. The number of amides is 1. The van der Waals surface area contributed by atoms with Crippen molar-refractivity contribution < 1.29 is 4.79 Å². The Morgan fingerprint density at radius 1 is 1.79 bits per heavy atom. The smallest absolute Gasteiger partial charge is 0.225 e. The number of carbonyl (C=O) groups excluding carboxylic acids is 1. The average molecular weight is 194 g/mol. The van der Waals surface area contributed by atoms with Gasteiger partial charge >= 0.3 is 0 Å². The first kappa shape index (κ1) is 9.21. The van der Waals surface area contributed by atoms with Gasteiger partial charge in [0.15, 0.2) is 5.82 Å². The second kappa shape index (κ2) is 3.79. The Labute approximate surface area is 82.5 Å². The van der Waals surface area contributed by atoms with Gasteiger partial charge in [-0.05, 0) is 19.0 Å². The Bertz CT molecular complexity index is 329. The first-order chi connectivity index (χ1) is 6.74. The Morgan fingerprint density at radius 3 is 3.07 bits per heavy atom. The summed E-state index contributed by atoms with van der Waals surface area (Å²) < 4.78 is 1.67. The number of rotatable bonds is 3. The van der Waals surface area contributed by atoms with Crippen molar-refractivity contribution in [1.29, 1.82) is 0 Å². The minimum Gasteiger partial charge on any atom is -0.316 e. The van der Waals surface area contributed by atoms with Gasteiger partial charge in [0.05, 0.1) is 0 Å². The molecule has 1 fully saturated rings. The lowest BCUT2D eigenvalue weighted by Gasteiger charge is -2.26. The summed E-state index contributed by atoms with van der Waals surface area (Å²) in [7, 11) is 1.82. The van der Waals surface area contributed by atoms with Crippen molar-refractivity contribution >= 4 is 11.7 Å². The van der Waals surface area contributed by atoms with Crippen LogP contribution in [-0.4, -0.2) is 28.8 Å². The molecule has 0 saturated carbocycles. The van der Waals surface area contributed by atoms with Crippen LogP contribution in [0.3, 0.4) is 0 Å². The standard InChI is InChI=1S/C9H14N4O/c1-13-3-2-8(12-13)11-9(14)4-7-5-10-6-7/h2-3,7,10H,4-6H2,1H3,(H,11,12,14). The van der Waals surface area contributed by atoms with Crippen LogP contribution in [0.15, 0.2) is 12.3 Å². The highest BCUT2D eigenvalue weighted by Crippen LogP contribution is 2.10. The Hall–Kier alpha value is -1.36. The van der Waals surface area contributed by atoms with E-state index in [1.54, 1.807) is 16.9 Å². The van der Waals surface area contributed by atoms with E-state index in [1.807, 2.05) is 7.05 Å². The maximum absolute atomic E-state index is 11.4. The van der Waals surface area contributed by atoms with Gasteiger partial charge in [-0.15, -0.1) is 0 Å². The van der Waals surface area contributed by atoms with Gasteiger partial charge in [-0.2, -0.15) is 5.10 Å². The highest BCUT2D eigenvalue weighted by Gasteiger charge is 2.20. The SMILES string of the molecule is Cn1ccc(NC(=O)CC2CNC2)n1. The molecule has 1 aliphatic heterocycles. The van der Waals surface area contributed by atoms with E-state index in [4.69, 9.17) is 0 Å². The van der Waals surface area contributed by atoms with Gasteiger partial charge in [0.1, 0.15) is 0 Å². The van der Waals surface area contributed by atoms with E-state index >= 15 is 0 Å². The van der Waals surface area contributed by atoms with Crippen molar-refractivity contribution in [3.8, 4) is 0 Å². The largest absolute Gasteiger partial charge is 0.316 e. The molecule has 5 nitrogen and oxygen atoms in total. The summed E-state index contributed by atoms with van der Waals surface area (Å²) in [5, 5.41) is 9.97.